The number of piperidine rings is 2. The number of carbonyl (C=O) groups is 1. The van der Waals surface area contributed by atoms with E-state index in [0.29, 0.717) is 53.5 Å². The summed E-state index contributed by atoms with van der Waals surface area (Å²) in [6.07, 6.45) is 5.79. The van der Waals surface area contributed by atoms with Crippen LogP contribution in [0.2, 0.25) is 10.0 Å². The van der Waals surface area contributed by atoms with Crippen molar-refractivity contribution < 1.29 is 13.2 Å². The number of nitrogens with one attached hydrogen (secondary N) is 1. The van der Waals surface area contributed by atoms with Crippen LogP contribution >= 0.6 is 23.2 Å². The van der Waals surface area contributed by atoms with Crippen LogP contribution in [0.4, 0.5) is 0 Å². The zero-order chi connectivity index (χ0) is 28.7. The van der Waals surface area contributed by atoms with Crippen LogP contribution in [0.15, 0.2) is 46.7 Å². The van der Waals surface area contributed by atoms with Crippen LogP contribution in [-0.4, -0.2) is 85.8 Å². The summed E-state index contributed by atoms with van der Waals surface area (Å²) in [7, 11) is -3.20. The highest BCUT2D eigenvalue weighted by molar-refractivity contribution is 7.88. The summed E-state index contributed by atoms with van der Waals surface area (Å²) in [5.41, 5.74) is 7.99. The predicted molar refractivity (Wildman–Crippen MR) is 159 cm³/mol. The monoisotopic (exact) mass is 598 g/mol. The number of hydrogen-bond acceptors (Lipinski definition) is 6. The van der Waals surface area contributed by atoms with E-state index in [-0.39, 0.29) is 17.6 Å². The van der Waals surface area contributed by atoms with Gasteiger partial charge < -0.3 is 20.9 Å². The summed E-state index contributed by atoms with van der Waals surface area (Å²) < 4.78 is 25.8. The van der Waals surface area contributed by atoms with Gasteiger partial charge in [-0.25, -0.2) is 13.4 Å². The maximum atomic E-state index is 13.4. The molecule has 0 unspecified atom stereocenters. The summed E-state index contributed by atoms with van der Waals surface area (Å²) in [6.45, 7) is 11.7. The molecule has 1 aromatic rings. The molecule has 0 saturated carbocycles. The van der Waals surface area contributed by atoms with Gasteiger partial charge in [0.1, 0.15) is 5.70 Å². The molecule has 2 aliphatic heterocycles. The van der Waals surface area contributed by atoms with Gasteiger partial charge in [-0.1, -0.05) is 42.8 Å². The average molecular weight is 600 g/mol. The van der Waals surface area contributed by atoms with E-state index in [1.807, 2.05) is 17.9 Å². The molecule has 1 amide bonds. The van der Waals surface area contributed by atoms with Gasteiger partial charge in [-0.3, -0.25) is 4.79 Å². The Labute approximate surface area is 242 Å². The van der Waals surface area contributed by atoms with E-state index in [4.69, 9.17) is 28.9 Å². The zero-order valence-electron chi connectivity index (χ0n) is 23.0. The molecule has 0 bridgehead atoms. The molecule has 0 radical (unpaired) electrons. The highest BCUT2D eigenvalue weighted by Gasteiger charge is 2.34. The molecule has 0 aliphatic carbocycles. The van der Waals surface area contributed by atoms with Gasteiger partial charge in [0.05, 0.1) is 22.6 Å². The first-order valence-electron chi connectivity index (χ1n) is 13.3. The molecule has 39 heavy (non-hydrogen) atoms. The normalized spacial score (nSPS) is 19.0. The van der Waals surface area contributed by atoms with Gasteiger partial charge in [-0.15, -0.1) is 0 Å². The second kappa shape index (κ2) is 14.0. The van der Waals surface area contributed by atoms with E-state index in [9.17, 15) is 13.2 Å². The molecule has 1 aromatic carbocycles. The summed E-state index contributed by atoms with van der Waals surface area (Å²) in [5.74, 6) is -0.171. The lowest BCUT2D eigenvalue weighted by Crippen LogP contribution is -2.52. The Hall–Kier alpha value is -2.11. The Balaban J connectivity index is 1.57. The first kappa shape index (κ1) is 31.4. The maximum Gasteiger partial charge on any atom is 0.272 e. The second-order valence-corrected chi connectivity index (χ2v) is 12.8. The van der Waals surface area contributed by atoms with Gasteiger partial charge in [0.15, 0.2) is 0 Å². The minimum absolute atomic E-state index is 0.0612. The molecule has 0 atom stereocenters. The number of aliphatic imine (C=N–C) groups is 1. The number of carbonyl (C=O) groups excluding carboxylic acids is 1. The smallest absolute Gasteiger partial charge is 0.272 e. The summed E-state index contributed by atoms with van der Waals surface area (Å²) in [6, 6.07) is 5.83. The third-order valence-electron chi connectivity index (χ3n) is 7.62. The number of nitrogens with two attached hydrogens (primary N) is 1. The van der Waals surface area contributed by atoms with Crippen molar-refractivity contribution in [2.45, 2.75) is 58.2 Å². The van der Waals surface area contributed by atoms with Gasteiger partial charge in [0, 0.05) is 49.5 Å². The summed E-state index contributed by atoms with van der Waals surface area (Å²) in [5, 5.41) is 4.19. The quantitative estimate of drug-likeness (QED) is 0.184. The van der Waals surface area contributed by atoms with Crippen molar-refractivity contribution in [3.63, 3.8) is 0 Å². The molecule has 3 N–H and O–H groups in total. The number of benzene rings is 1. The van der Waals surface area contributed by atoms with Gasteiger partial charge in [-0.2, -0.15) is 4.31 Å². The van der Waals surface area contributed by atoms with Crippen LogP contribution in [0.3, 0.4) is 0 Å². The van der Waals surface area contributed by atoms with Crippen molar-refractivity contribution >= 4 is 45.5 Å². The highest BCUT2D eigenvalue weighted by Crippen LogP contribution is 2.26. The minimum Gasteiger partial charge on any atom is -0.390 e. The van der Waals surface area contributed by atoms with E-state index in [0.717, 1.165) is 50.7 Å². The van der Waals surface area contributed by atoms with E-state index in [2.05, 4.69) is 21.8 Å². The topological polar surface area (TPSA) is 111 Å². The molecule has 0 spiro atoms. The number of likely N-dealkylation sites (tertiary alicyclic amines) is 2. The molecule has 3 rings (SSSR count). The van der Waals surface area contributed by atoms with E-state index < -0.39 is 10.0 Å². The van der Waals surface area contributed by atoms with Crippen molar-refractivity contribution in [1.29, 1.82) is 0 Å². The SMILES string of the molecule is C=C(NCc1ccc(Cl)c(Cl)c1)/C(C)=C(\N=C/N)C(=O)N1CCC(N2CCC(N(CC)S(C)(=O)=O)CC2)CC1. The third-order valence-corrected chi connectivity index (χ3v) is 9.76. The first-order chi connectivity index (χ1) is 18.5. The second-order valence-electron chi connectivity index (χ2n) is 10.1. The van der Waals surface area contributed by atoms with E-state index in [1.165, 1.54) is 6.26 Å². The number of allylic oxidation sites excluding steroid dienone is 1. The number of amides is 1. The molecule has 9 nitrogen and oxygen atoms in total. The number of hydrogen-bond donors (Lipinski definition) is 2. The van der Waals surface area contributed by atoms with Crippen LogP contribution in [-0.2, 0) is 21.4 Å². The number of nitrogens with zero attached hydrogens (tertiary/aromatic N) is 4. The number of halogens is 2. The molecular weight excluding hydrogens is 559 g/mol. The molecule has 2 heterocycles. The van der Waals surface area contributed by atoms with Crippen molar-refractivity contribution in [2.75, 3.05) is 39.0 Å². The fraction of sp³-hybridized carbons (Fsp3) is 0.556. The lowest BCUT2D eigenvalue weighted by Gasteiger charge is -2.43. The van der Waals surface area contributed by atoms with Crippen molar-refractivity contribution in [3.8, 4) is 0 Å². The Kier molecular flexibility index (Phi) is 11.3. The first-order valence-corrected chi connectivity index (χ1v) is 15.9. The molecule has 2 saturated heterocycles. The fourth-order valence-corrected chi connectivity index (χ4v) is 6.95. The summed E-state index contributed by atoms with van der Waals surface area (Å²) >= 11 is 12.1. The van der Waals surface area contributed by atoms with Crippen molar-refractivity contribution in [3.05, 3.63) is 57.4 Å². The number of rotatable bonds is 10. The zero-order valence-corrected chi connectivity index (χ0v) is 25.3. The van der Waals surface area contributed by atoms with Gasteiger partial charge >= 0.3 is 0 Å². The van der Waals surface area contributed by atoms with E-state index >= 15 is 0 Å². The Morgan fingerprint density at radius 3 is 2.36 bits per heavy atom. The molecule has 2 aliphatic rings. The minimum atomic E-state index is -3.20. The molecule has 0 aromatic heterocycles. The van der Waals surface area contributed by atoms with Crippen molar-refractivity contribution in [2.24, 2.45) is 10.7 Å². The van der Waals surface area contributed by atoms with E-state index in [1.54, 1.807) is 23.4 Å². The predicted octanol–water partition coefficient (Wildman–Crippen LogP) is 3.59. The molecule has 12 heteroatoms. The van der Waals surface area contributed by atoms with Gasteiger partial charge in [0.2, 0.25) is 10.0 Å². The van der Waals surface area contributed by atoms with Crippen LogP contribution in [0, 0.1) is 0 Å². The lowest BCUT2D eigenvalue weighted by molar-refractivity contribution is -0.128. The largest absolute Gasteiger partial charge is 0.390 e. The van der Waals surface area contributed by atoms with Crippen LogP contribution in [0.1, 0.15) is 45.1 Å². The average Bonchev–Trinajstić information content (AvgIpc) is 2.91. The Morgan fingerprint density at radius 1 is 1.18 bits per heavy atom. The summed E-state index contributed by atoms with van der Waals surface area (Å²) in [4.78, 5) is 21.9. The number of sulfonamides is 1. The third kappa shape index (κ3) is 8.20. The molecular formula is C27H40Cl2N6O3S. The Morgan fingerprint density at radius 2 is 1.82 bits per heavy atom. The van der Waals surface area contributed by atoms with Crippen LogP contribution in [0.25, 0.3) is 0 Å². The highest BCUT2D eigenvalue weighted by atomic mass is 35.5. The fourth-order valence-electron chi connectivity index (χ4n) is 5.41. The lowest BCUT2D eigenvalue weighted by atomic mass is 9.97. The maximum absolute atomic E-state index is 13.4. The van der Waals surface area contributed by atoms with Gasteiger partial charge in [0.25, 0.3) is 5.91 Å². The Bertz CT molecular complexity index is 1200. The van der Waals surface area contributed by atoms with Crippen LogP contribution in [0.5, 0.6) is 0 Å². The van der Waals surface area contributed by atoms with Crippen molar-refractivity contribution in [1.82, 2.24) is 19.4 Å². The molecule has 2 fully saturated rings. The molecule has 216 valence electrons. The van der Waals surface area contributed by atoms with Gasteiger partial charge in [-0.05, 0) is 63.4 Å². The standard InChI is InChI=1S/C27H40Cl2N6O3S/c1-5-35(39(4,37)38)23-10-12-33(13-11-23)22-8-14-34(15-9-22)27(36)26(32-18-30)19(2)20(3)31-17-21-6-7-24(28)25(29)16-21/h6-7,16,18,22-23,31H,3,5,8-15,17H2,1-2,4H3,(H2,30,32)/b26-19-. The van der Waals surface area contributed by atoms with Crippen LogP contribution < -0.4 is 11.1 Å².